The lowest BCUT2D eigenvalue weighted by atomic mass is 10.2. The van der Waals surface area contributed by atoms with E-state index in [0.717, 1.165) is 0 Å². The van der Waals surface area contributed by atoms with Crippen molar-refractivity contribution in [1.82, 2.24) is 9.55 Å². The van der Waals surface area contributed by atoms with E-state index >= 15 is 0 Å². The van der Waals surface area contributed by atoms with Gasteiger partial charge in [0.15, 0.2) is 0 Å². The molecule has 0 amide bonds. The molecular formula is C12H19N3O6PS-. The Balaban J connectivity index is 2.24. The number of hydrogen-bond donors (Lipinski definition) is 1. The monoisotopic (exact) mass is 364 g/mol. The molecule has 1 aliphatic rings. The molecule has 4 unspecified atom stereocenters. The van der Waals surface area contributed by atoms with Crippen molar-refractivity contribution in [2.24, 2.45) is 0 Å². The van der Waals surface area contributed by atoms with Gasteiger partial charge in [-0.15, -0.1) is 0 Å². The summed E-state index contributed by atoms with van der Waals surface area (Å²) in [6, 6.07) is 0. The Morgan fingerprint density at radius 3 is 2.91 bits per heavy atom. The minimum absolute atomic E-state index is 0.167. The summed E-state index contributed by atoms with van der Waals surface area (Å²) < 4.78 is 22.2. The molecule has 1 saturated heterocycles. The van der Waals surface area contributed by atoms with E-state index in [1.54, 1.807) is 13.1 Å². The first-order valence-electron chi connectivity index (χ1n) is 6.82. The van der Waals surface area contributed by atoms with Crippen LogP contribution >= 0.6 is 6.72 Å². The van der Waals surface area contributed by atoms with Gasteiger partial charge < -0.3 is 29.1 Å². The molecule has 1 aromatic rings. The molecule has 130 valence electrons. The molecule has 1 fully saturated rings. The van der Waals surface area contributed by atoms with Crippen molar-refractivity contribution in [3.05, 3.63) is 22.2 Å². The Bertz CT molecular complexity index is 669. The predicted molar refractivity (Wildman–Crippen MR) is 84.2 cm³/mol. The van der Waals surface area contributed by atoms with Crippen LogP contribution in [0, 0.1) is 6.92 Å². The van der Waals surface area contributed by atoms with Gasteiger partial charge in [-0.05, 0) is 6.92 Å². The summed E-state index contributed by atoms with van der Waals surface area (Å²) in [6.45, 7) is -1.68. The number of aryl methyl sites for hydroxylation is 1. The number of aromatic nitrogens is 2. The fourth-order valence-electron chi connectivity index (χ4n) is 2.29. The van der Waals surface area contributed by atoms with Gasteiger partial charge in [-0.1, -0.05) is 11.8 Å². The first kappa shape index (κ1) is 18.5. The third-order valence-electron chi connectivity index (χ3n) is 3.48. The van der Waals surface area contributed by atoms with Crippen LogP contribution in [0.2, 0.25) is 0 Å². The third kappa shape index (κ3) is 4.36. The zero-order valence-corrected chi connectivity index (χ0v) is 14.7. The van der Waals surface area contributed by atoms with Crippen LogP contribution in [-0.4, -0.2) is 42.6 Å². The lowest BCUT2D eigenvalue weighted by Crippen LogP contribution is -2.30. The fourth-order valence-corrected chi connectivity index (χ4v) is 3.26. The predicted octanol–water partition coefficient (Wildman–Crippen LogP) is -0.316. The molecule has 11 heteroatoms. The summed E-state index contributed by atoms with van der Waals surface area (Å²) in [5.74, 6) is 0.167. The SMILES string of the molecule is COCC1OC(n2cc(C)c(N)nc2=O)CC1OP([O-])(=S)OC. The number of nitrogen functional groups attached to an aromatic ring is 1. The molecule has 2 rings (SSSR count). The van der Waals surface area contributed by atoms with E-state index in [2.05, 4.69) is 9.51 Å². The average molecular weight is 364 g/mol. The zero-order chi connectivity index (χ0) is 17.2. The van der Waals surface area contributed by atoms with Crippen molar-refractivity contribution in [2.45, 2.75) is 31.8 Å². The number of nitrogens with zero attached hydrogens (tertiary/aromatic N) is 2. The average Bonchev–Trinajstić information content (AvgIpc) is 2.85. The summed E-state index contributed by atoms with van der Waals surface area (Å²) in [4.78, 5) is 27.6. The van der Waals surface area contributed by atoms with Crippen molar-refractivity contribution in [2.75, 3.05) is 26.6 Å². The van der Waals surface area contributed by atoms with E-state index in [4.69, 9.17) is 31.5 Å². The van der Waals surface area contributed by atoms with Crippen molar-refractivity contribution in [1.29, 1.82) is 0 Å². The highest BCUT2D eigenvalue weighted by Gasteiger charge is 2.38. The maximum Gasteiger partial charge on any atom is 0.351 e. The van der Waals surface area contributed by atoms with Crippen molar-refractivity contribution in [3.8, 4) is 0 Å². The zero-order valence-electron chi connectivity index (χ0n) is 13.0. The molecule has 2 N–H and O–H groups in total. The van der Waals surface area contributed by atoms with E-state index < -0.39 is 30.8 Å². The highest BCUT2D eigenvalue weighted by atomic mass is 32.5. The van der Waals surface area contributed by atoms with Crippen LogP contribution < -0.4 is 16.3 Å². The molecule has 23 heavy (non-hydrogen) atoms. The fraction of sp³-hybridized carbons (Fsp3) is 0.667. The second-order valence-corrected chi connectivity index (χ2v) is 7.90. The minimum atomic E-state index is -3.61. The first-order valence-corrected chi connectivity index (χ1v) is 9.38. The Labute approximate surface area is 138 Å². The van der Waals surface area contributed by atoms with E-state index in [0.29, 0.717) is 5.56 Å². The van der Waals surface area contributed by atoms with E-state index in [1.165, 1.54) is 18.8 Å². The standard InChI is InChI=1S/C12H20N3O6PS/c1-7-5-15(12(16)14-11(7)13)10-4-8(9(20-10)6-18-2)21-22(17,23)19-3/h5,8-10H,4,6H2,1-3H3,(H,17,23)(H2,13,14,16)/p-1. The lowest BCUT2D eigenvalue weighted by molar-refractivity contribution is -0.210. The van der Waals surface area contributed by atoms with Crippen molar-refractivity contribution < 1.29 is 23.4 Å². The van der Waals surface area contributed by atoms with Crippen LogP contribution in [0.25, 0.3) is 0 Å². The molecular weight excluding hydrogens is 345 g/mol. The molecule has 0 aliphatic carbocycles. The van der Waals surface area contributed by atoms with Gasteiger partial charge in [0.05, 0.1) is 12.7 Å². The van der Waals surface area contributed by atoms with Crippen LogP contribution in [0.1, 0.15) is 18.2 Å². The number of methoxy groups -OCH3 is 1. The second-order valence-electron chi connectivity index (χ2n) is 5.09. The van der Waals surface area contributed by atoms with Crippen LogP contribution in [-0.2, 0) is 30.3 Å². The van der Waals surface area contributed by atoms with Crippen molar-refractivity contribution >= 4 is 24.3 Å². The largest absolute Gasteiger partial charge is 0.780 e. The number of hydrogen-bond acceptors (Lipinski definition) is 9. The first-order chi connectivity index (χ1) is 10.8. The molecule has 2 heterocycles. The van der Waals surface area contributed by atoms with Gasteiger partial charge in [0.1, 0.15) is 24.9 Å². The molecule has 0 bridgehead atoms. The maximum atomic E-state index is 12.0. The van der Waals surface area contributed by atoms with Gasteiger partial charge in [0.25, 0.3) is 0 Å². The number of anilines is 1. The van der Waals surface area contributed by atoms with Crippen LogP contribution in [0.15, 0.2) is 11.0 Å². The molecule has 0 saturated carbocycles. The van der Waals surface area contributed by atoms with Crippen LogP contribution in [0.3, 0.4) is 0 Å². The summed E-state index contributed by atoms with van der Waals surface area (Å²) in [7, 11) is 2.71. The van der Waals surface area contributed by atoms with Gasteiger partial charge in [0, 0.05) is 32.4 Å². The molecule has 0 spiro atoms. The number of rotatable bonds is 6. The maximum absolute atomic E-state index is 12.0. The van der Waals surface area contributed by atoms with Gasteiger partial charge >= 0.3 is 5.69 Å². The Morgan fingerprint density at radius 2 is 2.30 bits per heavy atom. The summed E-state index contributed by atoms with van der Waals surface area (Å²) in [5, 5.41) is 0. The van der Waals surface area contributed by atoms with E-state index in [1.807, 2.05) is 0 Å². The number of ether oxygens (including phenoxy) is 2. The Hall–Kier alpha value is -0.870. The number of nitrogens with two attached hydrogens (primary N) is 1. The highest BCUT2D eigenvalue weighted by molar-refractivity contribution is 8.06. The second kappa shape index (κ2) is 7.35. The van der Waals surface area contributed by atoms with Crippen LogP contribution in [0.4, 0.5) is 5.82 Å². The topological polar surface area (TPSA) is 121 Å². The van der Waals surface area contributed by atoms with Crippen molar-refractivity contribution in [3.63, 3.8) is 0 Å². The smallest absolute Gasteiger partial charge is 0.351 e. The summed E-state index contributed by atoms with van der Waals surface area (Å²) in [6.07, 6.45) is -0.00536. The molecule has 0 aromatic carbocycles. The van der Waals surface area contributed by atoms with Gasteiger partial charge in [-0.25, -0.2) is 4.79 Å². The van der Waals surface area contributed by atoms with E-state index in [9.17, 15) is 9.69 Å². The van der Waals surface area contributed by atoms with Gasteiger partial charge in [-0.2, -0.15) is 4.98 Å². The molecule has 9 nitrogen and oxygen atoms in total. The van der Waals surface area contributed by atoms with Crippen LogP contribution in [0.5, 0.6) is 0 Å². The molecule has 1 aliphatic heterocycles. The lowest BCUT2D eigenvalue weighted by Gasteiger charge is -2.30. The summed E-state index contributed by atoms with van der Waals surface area (Å²) >= 11 is 4.75. The summed E-state index contributed by atoms with van der Waals surface area (Å²) in [5.41, 5.74) is 5.72. The third-order valence-corrected chi connectivity index (χ3v) is 5.17. The molecule has 0 radical (unpaired) electrons. The van der Waals surface area contributed by atoms with Gasteiger partial charge in [0.2, 0.25) is 0 Å². The Morgan fingerprint density at radius 1 is 1.61 bits per heavy atom. The normalized spacial score (nSPS) is 27.0. The molecule has 4 atom stereocenters. The van der Waals surface area contributed by atoms with E-state index in [-0.39, 0.29) is 18.8 Å². The molecule has 1 aromatic heterocycles. The highest BCUT2D eigenvalue weighted by Crippen LogP contribution is 2.44. The van der Waals surface area contributed by atoms with Gasteiger partial charge in [-0.3, -0.25) is 4.57 Å². The minimum Gasteiger partial charge on any atom is -0.780 e. The Kier molecular flexibility index (Phi) is 5.90. The quantitative estimate of drug-likeness (QED) is 0.677.